The number of ether oxygens (including phenoxy) is 3. The van der Waals surface area contributed by atoms with Gasteiger partial charge in [0.15, 0.2) is 11.9 Å². The van der Waals surface area contributed by atoms with Crippen LogP contribution in [-0.2, 0) is 19.0 Å². The van der Waals surface area contributed by atoms with Crippen molar-refractivity contribution in [3.8, 4) is 0 Å². The fraction of sp³-hybridized carbons (Fsp3) is 0.810. The number of hydrogen-bond acceptors (Lipinski definition) is 6. The molecule has 3 saturated carbocycles. The third-order valence-electron chi connectivity index (χ3n) is 9.12. The Morgan fingerprint density at radius 1 is 1.29 bits per heavy atom. The molecule has 0 radical (unpaired) electrons. The first-order chi connectivity index (χ1) is 13.1. The average molecular weight is 453 g/mol. The predicted molar refractivity (Wildman–Crippen MR) is 101 cm³/mol. The van der Waals surface area contributed by atoms with Gasteiger partial charge >= 0.3 is 6.16 Å². The van der Waals surface area contributed by atoms with Crippen LogP contribution in [-0.4, -0.2) is 51.9 Å². The van der Waals surface area contributed by atoms with E-state index in [0.717, 1.165) is 12.0 Å². The van der Waals surface area contributed by atoms with Gasteiger partial charge in [-0.25, -0.2) is 4.79 Å². The molecule has 4 aliphatic carbocycles. The molecule has 1 N–H and O–H groups in total. The lowest BCUT2D eigenvalue weighted by Crippen LogP contribution is -2.66. The lowest BCUT2D eigenvalue weighted by atomic mass is 9.59. The van der Waals surface area contributed by atoms with Crippen LogP contribution < -0.4 is 0 Å². The van der Waals surface area contributed by atoms with Crippen LogP contribution >= 0.6 is 15.9 Å². The highest BCUT2D eigenvalue weighted by molar-refractivity contribution is 9.09. The van der Waals surface area contributed by atoms with Crippen LogP contribution in [0.25, 0.3) is 0 Å². The van der Waals surface area contributed by atoms with E-state index in [1.165, 1.54) is 0 Å². The smallest absolute Gasteiger partial charge is 0.422 e. The first-order valence-electron chi connectivity index (χ1n) is 10.1. The first-order valence-corrected chi connectivity index (χ1v) is 11.1. The van der Waals surface area contributed by atoms with Gasteiger partial charge in [0.1, 0.15) is 11.7 Å². The minimum atomic E-state index is -1.46. The zero-order valence-electron chi connectivity index (χ0n) is 16.4. The average Bonchev–Trinajstić information content (AvgIpc) is 3.46. The van der Waals surface area contributed by atoms with E-state index in [2.05, 4.69) is 36.7 Å². The van der Waals surface area contributed by atoms with E-state index in [0.29, 0.717) is 12.5 Å². The normalized spacial score (nSPS) is 59.9. The Morgan fingerprint density at radius 2 is 1.96 bits per heavy atom. The van der Waals surface area contributed by atoms with Gasteiger partial charge < -0.3 is 19.3 Å². The molecule has 0 unspecified atom stereocenters. The Morgan fingerprint density at radius 3 is 2.61 bits per heavy atom. The van der Waals surface area contributed by atoms with Gasteiger partial charge in [-0.2, -0.15) is 0 Å². The van der Waals surface area contributed by atoms with Crippen LogP contribution in [0.3, 0.4) is 0 Å². The third kappa shape index (κ3) is 1.54. The molecule has 2 aliphatic heterocycles. The molecule has 0 aromatic rings. The second-order valence-corrected chi connectivity index (χ2v) is 11.4. The summed E-state index contributed by atoms with van der Waals surface area (Å²) in [7, 11) is 0. The summed E-state index contributed by atoms with van der Waals surface area (Å²) in [5.41, 5.74) is -2.64. The van der Waals surface area contributed by atoms with Crippen molar-refractivity contribution < 1.29 is 28.9 Å². The van der Waals surface area contributed by atoms with Gasteiger partial charge in [-0.05, 0) is 42.1 Å². The van der Waals surface area contributed by atoms with Crippen LogP contribution in [0, 0.1) is 34.5 Å². The van der Waals surface area contributed by atoms with Crippen LogP contribution in [0.2, 0.25) is 0 Å². The van der Waals surface area contributed by atoms with E-state index >= 15 is 0 Å². The maximum Gasteiger partial charge on any atom is 0.509 e. The van der Waals surface area contributed by atoms with Gasteiger partial charge in [0.2, 0.25) is 5.60 Å². The quantitative estimate of drug-likeness (QED) is 0.263. The molecule has 6 nitrogen and oxygen atoms in total. The number of epoxide rings is 1. The van der Waals surface area contributed by atoms with E-state index in [4.69, 9.17) is 14.2 Å². The fourth-order valence-corrected chi connectivity index (χ4v) is 8.71. The largest absolute Gasteiger partial charge is 0.509 e. The number of hydrogen-bond donors (Lipinski definition) is 1. The monoisotopic (exact) mass is 452 g/mol. The second kappa shape index (κ2) is 4.70. The van der Waals surface area contributed by atoms with Crippen LogP contribution in [0.15, 0.2) is 11.6 Å². The SMILES string of the molecule is CC1=C[C@@]23C(=O)[C@H]([C@H]4[C@@H](C[C@H]2C)C4(C)C)[C@@H](Br)[C@]2(CO2)[C@@H](O)[C@@]32OC(=O)O[C@@H]12. The molecular weight excluding hydrogens is 428 g/mol. The molecule has 0 aromatic heterocycles. The van der Waals surface area contributed by atoms with Crippen LogP contribution in [0.4, 0.5) is 4.79 Å². The molecule has 2 saturated heterocycles. The molecule has 3 spiro atoms. The van der Waals surface area contributed by atoms with Gasteiger partial charge in [0.05, 0.1) is 16.8 Å². The molecule has 28 heavy (non-hydrogen) atoms. The molecule has 5 fully saturated rings. The number of ketones is 1. The van der Waals surface area contributed by atoms with Gasteiger partial charge in [-0.15, -0.1) is 0 Å². The topological polar surface area (TPSA) is 85.4 Å². The molecule has 2 bridgehead atoms. The summed E-state index contributed by atoms with van der Waals surface area (Å²) in [6, 6.07) is 0. The predicted octanol–water partition coefficient (Wildman–Crippen LogP) is 2.61. The lowest BCUT2D eigenvalue weighted by Gasteiger charge is -2.47. The number of carbonyl (C=O) groups excluding carboxylic acids is 2. The van der Waals surface area contributed by atoms with Gasteiger partial charge in [0.25, 0.3) is 0 Å². The zero-order valence-corrected chi connectivity index (χ0v) is 18.0. The Hall–Kier alpha value is -0.920. The highest BCUT2D eigenvalue weighted by Crippen LogP contribution is 2.75. The summed E-state index contributed by atoms with van der Waals surface area (Å²) in [6.45, 7) is 8.72. The van der Waals surface area contributed by atoms with Crippen LogP contribution in [0.1, 0.15) is 34.1 Å². The maximum absolute atomic E-state index is 14.4. The molecule has 0 aromatic carbocycles. The highest BCUT2D eigenvalue weighted by Gasteiger charge is 2.86. The number of rotatable bonds is 0. The molecule has 7 heteroatoms. The molecular formula is C21H25BrO6. The van der Waals surface area contributed by atoms with E-state index in [1.807, 2.05) is 13.0 Å². The number of fused-ring (bicyclic) bond motifs is 3. The highest BCUT2D eigenvalue weighted by atomic mass is 79.9. The Labute approximate surface area is 172 Å². The lowest BCUT2D eigenvalue weighted by molar-refractivity contribution is -0.171. The molecule has 6 rings (SSSR count). The summed E-state index contributed by atoms with van der Waals surface area (Å²) >= 11 is 3.79. The van der Waals surface area contributed by atoms with Crippen molar-refractivity contribution in [3.63, 3.8) is 0 Å². The third-order valence-corrected chi connectivity index (χ3v) is 10.5. The van der Waals surface area contributed by atoms with E-state index in [-0.39, 0.29) is 33.8 Å². The minimum Gasteiger partial charge on any atom is -0.422 e. The van der Waals surface area contributed by atoms with E-state index in [1.54, 1.807) is 0 Å². The number of Topliss-reactive ketones (excluding diaryl/α,β-unsaturated/α-hetero) is 1. The Balaban J connectivity index is 1.66. The number of halogens is 1. The number of carbonyl (C=O) groups is 2. The summed E-state index contributed by atoms with van der Waals surface area (Å²) < 4.78 is 17.3. The van der Waals surface area contributed by atoms with Gasteiger partial charge in [-0.3, -0.25) is 4.79 Å². The fourth-order valence-electron chi connectivity index (χ4n) is 7.63. The Kier molecular flexibility index (Phi) is 3.00. The summed E-state index contributed by atoms with van der Waals surface area (Å²) in [4.78, 5) is 26.3. The molecule has 152 valence electrons. The van der Waals surface area contributed by atoms with E-state index in [9.17, 15) is 14.7 Å². The first kappa shape index (κ1) is 17.9. The maximum atomic E-state index is 14.4. The molecule has 6 aliphatic rings. The molecule has 2 heterocycles. The van der Waals surface area contributed by atoms with E-state index < -0.39 is 35.0 Å². The Bertz CT molecular complexity index is 861. The summed E-state index contributed by atoms with van der Waals surface area (Å²) in [5, 5.41) is 11.7. The number of alkyl halides is 1. The van der Waals surface area contributed by atoms with Crippen molar-refractivity contribution >= 4 is 27.9 Å². The van der Waals surface area contributed by atoms with Crippen LogP contribution in [0.5, 0.6) is 0 Å². The standard InChI is InChI=1S/C21H25BrO6/c1-8-6-19-9(2)5-10-12(18(10,3)4)11(14(19)23)13(22)20(7-26-20)16(24)21(19)15(8)27-17(25)28-21/h6,9-13,15-16,24H,5,7H2,1-4H3/t9-,10-,11-,12-,13-,15+,16-,19+,20-,21-/m1/s1. The molecule has 0 amide bonds. The minimum absolute atomic E-state index is 0.0616. The van der Waals surface area contributed by atoms with Crippen molar-refractivity contribution in [1.82, 2.24) is 0 Å². The number of aliphatic hydroxyl groups is 1. The summed E-state index contributed by atoms with van der Waals surface area (Å²) in [5.74, 6) is 0.317. The van der Waals surface area contributed by atoms with Gasteiger partial charge in [0, 0.05) is 5.92 Å². The second-order valence-electron chi connectivity index (χ2n) is 10.4. The van der Waals surface area contributed by atoms with Crippen molar-refractivity contribution in [2.45, 2.75) is 62.4 Å². The zero-order chi connectivity index (χ0) is 20.0. The van der Waals surface area contributed by atoms with Crippen molar-refractivity contribution in [3.05, 3.63) is 11.6 Å². The van der Waals surface area contributed by atoms with Crippen molar-refractivity contribution in [2.24, 2.45) is 34.5 Å². The summed E-state index contributed by atoms with van der Waals surface area (Å²) in [6.07, 6.45) is 0.0843. The molecule has 10 atom stereocenters. The van der Waals surface area contributed by atoms with Crippen molar-refractivity contribution in [2.75, 3.05) is 6.61 Å². The van der Waals surface area contributed by atoms with Crippen molar-refractivity contribution in [1.29, 1.82) is 0 Å². The number of aliphatic hydroxyl groups excluding tert-OH is 1. The van der Waals surface area contributed by atoms with Gasteiger partial charge in [-0.1, -0.05) is 42.8 Å².